The summed E-state index contributed by atoms with van der Waals surface area (Å²) in [4.78, 5) is 21.6. The average molecular weight is 453 g/mol. The van der Waals surface area contributed by atoms with Crippen molar-refractivity contribution in [1.29, 1.82) is 0 Å². The van der Waals surface area contributed by atoms with Crippen LogP contribution >= 0.6 is 11.8 Å². The molecule has 7 nitrogen and oxygen atoms in total. The normalized spacial score (nSPS) is 10.8. The number of hydrogen-bond donors (Lipinski definition) is 1. The first kappa shape index (κ1) is 20.7. The number of nitrogens with zero attached hydrogens (tertiary/aromatic N) is 5. The molecule has 0 spiro atoms. The Balaban J connectivity index is 1.41. The first-order valence-corrected chi connectivity index (χ1v) is 11.3. The zero-order valence-corrected chi connectivity index (χ0v) is 18.4. The van der Waals surface area contributed by atoms with E-state index >= 15 is 0 Å². The summed E-state index contributed by atoms with van der Waals surface area (Å²) in [6, 6.07) is 25.3. The van der Waals surface area contributed by atoms with Gasteiger partial charge in [-0.25, -0.2) is 14.6 Å². The fraction of sp³-hybridized carbons (Fsp3) is 0.0400. The van der Waals surface area contributed by atoms with Crippen LogP contribution in [-0.4, -0.2) is 30.2 Å². The number of nitrogens with one attached hydrogen (secondary N) is 1. The van der Waals surface area contributed by atoms with Gasteiger partial charge in [0.1, 0.15) is 22.9 Å². The molecule has 5 rings (SSSR count). The van der Waals surface area contributed by atoms with Crippen molar-refractivity contribution < 1.29 is 4.79 Å². The van der Waals surface area contributed by atoms with Crippen LogP contribution < -0.4 is 5.32 Å². The highest BCUT2D eigenvalue weighted by Crippen LogP contribution is 2.30. The summed E-state index contributed by atoms with van der Waals surface area (Å²) >= 11 is 1.57. The number of benzene rings is 2. The molecule has 2 aromatic carbocycles. The van der Waals surface area contributed by atoms with Gasteiger partial charge in [-0.3, -0.25) is 9.36 Å². The van der Waals surface area contributed by atoms with Gasteiger partial charge < -0.3 is 5.32 Å². The first-order chi connectivity index (χ1) is 16.3. The maximum Gasteiger partial charge on any atom is 0.274 e. The van der Waals surface area contributed by atoms with E-state index in [1.165, 1.54) is 5.56 Å². The fourth-order valence-corrected chi connectivity index (χ4v) is 4.16. The van der Waals surface area contributed by atoms with Gasteiger partial charge in [-0.2, -0.15) is 5.10 Å². The molecule has 0 radical (unpaired) electrons. The number of thioether (sulfide) groups is 1. The minimum absolute atomic E-state index is 0.300. The van der Waals surface area contributed by atoms with Crippen LogP contribution in [0.3, 0.4) is 0 Å². The van der Waals surface area contributed by atoms with Crippen LogP contribution in [0.15, 0.2) is 109 Å². The number of amides is 1. The van der Waals surface area contributed by atoms with Gasteiger partial charge in [0.2, 0.25) is 0 Å². The summed E-state index contributed by atoms with van der Waals surface area (Å²) in [5, 5.41) is 8.47. The Labute approximate surface area is 195 Å². The molecule has 3 heterocycles. The lowest BCUT2D eigenvalue weighted by Crippen LogP contribution is -2.14. The third-order valence-corrected chi connectivity index (χ3v) is 5.96. The zero-order valence-electron chi connectivity index (χ0n) is 17.6. The number of pyridine rings is 1. The van der Waals surface area contributed by atoms with E-state index in [2.05, 4.69) is 27.4 Å². The molecule has 1 amide bonds. The van der Waals surface area contributed by atoms with Gasteiger partial charge in [-0.05, 0) is 29.8 Å². The zero-order chi connectivity index (χ0) is 22.5. The Kier molecular flexibility index (Phi) is 5.99. The SMILES string of the molecule is O=C(Nc1cn(-c2ccccc2)nc1SCc1ccccc1)c1cccc(-n2ccnc2)n1. The number of imidazole rings is 1. The van der Waals surface area contributed by atoms with Crippen molar-refractivity contribution >= 4 is 23.4 Å². The van der Waals surface area contributed by atoms with E-state index in [4.69, 9.17) is 5.10 Å². The predicted molar refractivity (Wildman–Crippen MR) is 129 cm³/mol. The minimum Gasteiger partial charge on any atom is -0.317 e. The molecule has 0 saturated carbocycles. The van der Waals surface area contributed by atoms with Gasteiger partial charge in [0, 0.05) is 18.1 Å². The highest BCUT2D eigenvalue weighted by molar-refractivity contribution is 7.98. The van der Waals surface area contributed by atoms with Crippen LogP contribution in [0.5, 0.6) is 0 Å². The van der Waals surface area contributed by atoms with E-state index in [0.717, 1.165) is 16.5 Å². The number of para-hydroxylation sites is 1. The van der Waals surface area contributed by atoms with Crippen LogP contribution in [0.25, 0.3) is 11.5 Å². The van der Waals surface area contributed by atoms with Crippen LogP contribution in [0.4, 0.5) is 5.69 Å². The molecule has 0 aliphatic heterocycles. The van der Waals surface area contributed by atoms with E-state index in [1.807, 2.05) is 60.8 Å². The number of anilines is 1. The predicted octanol–water partition coefficient (Wildman–Crippen LogP) is 5.00. The summed E-state index contributed by atoms with van der Waals surface area (Å²) in [5.74, 6) is 1.06. The molecule has 0 saturated heterocycles. The molecule has 8 heteroatoms. The molecule has 33 heavy (non-hydrogen) atoms. The Hall–Kier alpha value is -4.17. The highest BCUT2D eigenvalue weighted by atomic mass is 32.2. The van der Waals surface area contributed by atoms with Crippen LogP contribution in [0.1, 0.15) is 16.1 Å². The topological polar surface area (TPSA) is 77.6 Å². The summed E-state index contributed by atoms with van der Waals surface area (Å²) in [5.41, 5.74) is 3.05. The van der Waals surface area contributed by atoms with Crippen LogP contribution in [0.2, 0.25) is 0 Å². The maximum absolute atomic E-state index is 13.1. The third kappa shape index (κ3) is 4.86. The molecule has 0 atom stereocenters. The first-order valence-electron chi connectivity index (χ1n) is 10.3. The number of carbonyl (C=O) groups excluding carboxylic acids is 1. The molecule has 0 unspecified atom stereocenters. The number of aromatic nitrogens is 5. The fourth-order valence-electron chi connectivity index (χ4n) is 3.26. The molecule has 5 aromatic rings. The molecule has 3 aromatic heterocycles. The second-order valence-corrected chi connectivity index (χ2v) is 8.17. The van der Waals surface area contributed by atoms with Gasteiger partial charge in [0.15, 0.2) is 0 Å². The quantitative estimate of drug-likeness (QED) is 0.352. The van der Waals surface area contributed by atoms with Crippen molar-refractivity contribution in [2.45, 2.75) is 10.8 Å². The van der Waals surface area contributed by atoms with E-state index in [-0.39, 0.29) is 5.91 Å². The molecule has 0 aliphatic rings. The van der Waals surface area contributed by atoms with Gasteiger partial charge in [0.25, 0.3) is 5.91 Å². The molecule has 0 bridgehead atoms. The lowest BCUT2D eigenvalue weighted by molar-refractivity contribution is 0.102. The van der Waals surface area contributed by atoms with Gasteiger partial charge in [-0.15, -0.1) is 0 Å². The number of hydrogen-bond acceptors (Lipinski definition) is 5. The van der Waals surface area contributed by atoms with Gasteiger partial charge in [-0.1, -0.05) is 66.4 Å². The molecule has 0 fully saturated rings. The molecular weight excluding hydrogens is 432 g/mol. The Morgan fingerprint density at radius 1 is 0.939 bits per heavy atom. The monoisotopic (exact) mass is 452 g/mol. The van der Waals surface area contributed by atoms with Crippen molar-refractivity contribution in [3.05, 3.63) is 115 Å². The maximum atomic E-state index is 13.1. The second-order valence-electron chi connectivity index (χ2n) is 7.21. The minimum atomic E-state index is -0.300. The van der Waals surface area contributed by atoms with Crippen molar-refractivity contribution in [3.63, 3.8) is 0 Å². The van der Waals surface area contributed by atoms with E-state index < -0.39 is 0 Å². The van der Waals surface area contributed by atoms with Crippen LogP contribution in [-0.2, 0) is 5.75 Å². The standard InChI is InChI=1S/C25H20N6OS/c32-24(21-12-7-13-23(27-21)30-15-14-26-18-30)28-22-16-31(20-10-5-2-6-11-20)29-25(22)33-17-19-8-3-1-4-9-19/h1-16,18H,17H2,(H,28,32). The van der Waals surface area contributed by atoms with Gasteiger partial charge >= 0.3 is 0 Å². The summed E-state index contributed by atoms with van der Waals surface area (Å²) < 4.78 is 3.53. The van der Waals surface area contributed by atoms with Crippen molar-refractivity contribution in [2.75, 3.05) is 5.32 Å². The number of carbonyl (C=O) groups is 1. The van der Waals surface area contributed by atoms with E-state index in [0.29, 0.717) is 17.2 Å². The number of rotatable bonds is 7. The lowest BCUT2D eigenvalue weighted by atomic mass is 10.2. The van der Waals surface area contributed by atoms with E-state index in [1.54, 1.807) is 51.9 Å². The summed E-state index contributed by atoms with van der Waals surface area (Å²) in [6.07, 6.45) is 6.93. The molecular formula is C25H20N6OS. The Morgan fingerprint density at radius 2 is 1.73 bits per heavy atom. The second kappa shape index (κ2) is 9.54. The lowest BCUT2D eigenvalue weighted by Gasteiger charge is -2.07. The van der Waals surface area contributed by atoms with Crippen molar-refractivity contribution in [2.24, 2.45) is 0 Å². The molecule has 0 aliphatic carbocycles. The average Bonchev–Trinajstić information content (AvgIpc) is 3.55. The van der Waals surface area contributed by atoms with E-state index in [9.17, 15) is 4.79 Å². The summed E-state index contributed by atoms with van der Waals surface area (Å²) in [6.45, 7) is 0. The molecule has 1 N–H and O–H groups in total. The van der Waals surface area contributed by atoms with Crippen LogP contribution in [0, 0.1) is 0 Å². The summed E-state index contributed by atoms with van der Waals surface area (Å²) in [7, 11) is 0. The van der Waals surface area contributed by atoms with Crippen molar-refractivity contribution in [1.82, 2.24) is 24.3 Å². The highest BCUT2D eigenvalue weighted by Gasteiger charge is 2.16. The smallest absolute Gasteiger partial charge is 0.274 e. The van der Waals surface area contributed by atoms with Gasteiger partial charge in [0.05, 0.1) is 17.6 Å². The third-order valence-electron chi connectivity index (χ3n) is 4.90. The Bertz CT molecular complexity index is 1350. The van der Waals surface area contributed by atoms with Crippen molar-refractivity contribution in [3.8, 4) is 11.5 Å². The molecule has 162 valence electrons. The Morgan fingerprint density at radius 3 is 2.48 bits per heavy atom. The largest absolute Gasteiger partial charge is 0.317 e.